The third-order valence-electron chi connectivity index (χ3n) is 4.20. The van der Waals surface area contributed by atoms with Crippen molar-refractivity contribution in [2.24, 2.45) is 0 Å². The standard InChI is InChI=1S/C21H16ClN3O2S2/c1-2-27-17-9-8-13(10-16(17)22)19-14(11-18-20(26)23-21(28)29-18)12-25(24-19)15-6-4-3-5-7-15/h3-12H,2H2,1H3,(H,23,26,28)/b18-11+. The van der Waals surface area contributed by atoms with Gasteiger partial charge in [-0.15, -0.1) is 0 Å². The molecule has 1 saturated heterocycles. The first-order chi connectivity index (χ1) is 14.0. The van der Waals surface area contributed by atoms with Gasteiger partial charge in [0.1, 0.15) is 15.8 Å². The molecule has 1 aliphatic rings. The summed E-state index contributed by atoms with van der Waals surface area (Å²) >= 11 is 12.7. The molecule has 1 amide bonds. The van der Waals surface area contributed by atoms with Crippen molar-refractivity contribution in [2.75, 3.05) is 6.61 Å². The Hall–Kier alpha value is -2.61. The predicted octanol–water partition coefficient (Wildman–Crippen LogP) is 5.08. The highest BCUT2D eigenvalue weighted by Crippen LogP contribution is 2.34. The number of para-hydroxylation sites is 1. The topological polar surface area (TPSA) is 56.1 Å². The zero-order valence-electron chi connectivity index (χ0n) is 15.4. The Morgan fingerprint density at radius 2 is 2.07 bits per heavy atom. The number of rotatable bonds is 5. The van der Waals surface area contributed by atoms with Crippen LogP contribution in [0.1, 0.15) is 12.5 Å². The van der Waals surface area contributed by atoms with Gasteiger partial charge in [-0.25, -0.2) is 4.68 Å². The minimum Gasteiger partial charge on any atom is -0.492 e. The monoisotopic (exact) mass is 441 g/mol. The minimum absolute atomic E-state index is 0.205. The third kappa shape index (κ3) is 4.22. The molecule has 1 aromatic heterocycles. The Balaban J connectivity index is 1.82. The van der Waals surface area contributed by atoms with Gasteiger partial charge in [0.25, 0.3) is 5.91 Å². The van der Waals surface area contributed by atoms with Crippen LogP contribution >= 0.6 is 35.6 Å². The Kier molecular flexibility index (Phi) is 5.71. The van der Waals surface area contributed by atoms with Crippen LogP contribution in [0.5, 0.6) is 5.75 Å². The molecular weight excluding hydrogens is 426 g/mol. The molecule has 1 fully saturated rings. The van der Waals surface area contributed by atoms with E-state index in [9.17, 15) is 4.79 Å². The molecule has 29 heavy (non-hydrogen) atoms. The van der Waals surface area contributed by atoms with E-state index >= 15 is 0 Å². The number of ether oxygens (including phenoxy) is 1. The Bertz CT molecular complexity index is 1130. The predicted molar refractivity (Wildman–Crippen MR) is 121 cm³/mol. The van der Waals surface area contributed by atoms with Crippen molar-refractivity contribution in [1.82, 2.24) is 15.1 Å². The van der Waals surface area contributed by atoms with Crippen LogP contribution in [0.3, 0.4) is 0 Å². The lowest BCUT2D eigenvalue weighted by Crippen LogP contribution is -2.17. The van der Waals surface area contributed by atoms with Gasteiger partial charge in [0, 0.05) is 17.3 Å². The van der Waals surface area contributed by atoms with Crippen LogP contribution < -0.4 is 10.1 Å². The van der Waals surface area contributed by atoms with Crippen molar-refractivity contribution in [2.45, 2.75) is 6.92 Å². The van der Waals surface area contributed by atoms with Gasteiger partial charge in [-0.3, -0.25) is 4.79 Å². The fourth-order valence-electron chi connectivity index (χ4n) is 2.91. The first-order valence-corrected chi connectivity index (χ1v) is 10.5. The van der Waals surface area contributed by atoms with E-state index in [0.29, 0.717) is 32.3 Å². The lowest BCUT2D eigenvalue weighted by atomic mass is 10.1. The summed E-state index contributed by atoms with van der Waals surface area (Å²) in [5.41, 5.74) is 3.23. The number of amides is 1. The molecular formula is C21H16ClN3O2S2. The molecule has 0 aliphatic carbocycles. The van der Waals surface area contributed by atoms with Crippen LogP contribution in [0.2, 0.25) is 5.02 Å². The molecule has 3 aromatic rings. The summed E-state index contributed by atoms with van der Waals surface area (Å²) in [6, 6.07) is 15.3. The number of halogens is 1. The number of thiocarbonyl (C=S) groups is 1. The summed E-state index contributed by atoms with van der Waals surface area (Å²) in [4.78, 5) is 12.7. The highest BCUT2D eigenvalue weighted by atomic mass is 35.5. The molecule has 0 saturated carbocycles. The van der Waals surface area contributed by atoms with Crippen molar-refractivity contribution in [3.8, 4) is 22.7 Å². The van der Waals surface area contributed by atoms with Gasteiger partial charge in [-0.05, 0) is 43.3 Å². The van der Waals surface area contributed by atoms with E-state index in [2.05, 4.69) is 5.32 Å². The van der Waals surface area contributed by atoms with Crippen LogP contribution in [-0.4, -0.2) is 26.6 Å². The average Bonchev–Trinajstić information content (AvgIpc) is 3.27. The molecule has 0 atom stereocenters. The normalized spacial score (nSPS) is 15.0. The summed E-state index contributed by atoms with van der Waals surface area (Å²) in [6.45, 7) is 2.44. The van der Waals surface area contributed by atoms with Crippen molar-refractivity contribution in [3.63, 3.8) is 0 Å². The van der Waals surface area contributed by atoms with Crippen LogP contribution in [0.15, 0.2) is 59.6 Å². The fraction of sp³-hybridized carbons (Fsp3) is 0.0952. The van der Waals surface area contributed by atoms with Gasteiger partial charge < -0.3 is 10.1 Å². The number of benzene rings is 2. The van der Waals surface area contributed by atoms with E-state index in [1.165, 1.54) is 11.8 Å². The Morgan fingerprint density at radius 1 is 1.28 bits per heavy atom. The molecule has 1 aliphatic heterocycles. The average molecular weight is 442 g/mol. The van der Waals surface area contributed by atoms with E-state index in [4.69, 9.17) is 33.7 Å². The van der Waals surface area contributed by atoms with Crippen molar-refractivity contribution >= 4 is 51.9 Å². The zero-order valence-corrected chi connectivity index (χ0v) is 17.8. The molecule has 0 bridgehead atoms. The second-order valence-electron chi connectivity index (χ2n) is 6.14. The van der Waals surface area contributed by atoms with Crippen LogP contribution in [0.4, 0.5) is 0 Å². The number of hydrogen-bond donors (Lipinski definition) is 1. The Morgan fingerprint density at radius 3 is 2.72 bits per heavy atom. The largest absolute Gasteiger partial charge is 0.492 e. The lowest BCUT2D eigenvalue weighted by molar-refractivity contribution is -0.115. The number of aromatic nitrogens is 2. The Labute approximate surface area is 182 Å². The molecule has 2 aromatic carbocycles. The van der Waals surface area contributed by atoms with Crippen LogP contribution in [0.25, 0.3) is 23.0 Å². The highest BCUT2D eigenvalue weighted by Gasteiger charge is 2.23. The van der Waals surface area contributed by atoms with Crippen LogP contribution in [-0.2, 0) is 4.79 Å². The third-order valence-corrected chi connectivity index (χ3v) is 5.66. The summed E-state index contributed by atoms with van der Waals surface area (Å²) in [7, 11) is 0. The van der Waals surface area contributed by atoms with Crippen molar-refractivity contribution < 1.29 is 9.53 Å². The fourth-order valence-corrected chi connectivity index (χ4v) is 4.18. The van der Waals surface area contributed by atoms with Crippen molar-refractivity contribution in [3.05, 3.63) is 70.2 Å². The number of nitrogens with one attached hydrogen (secondary N) is 1. The number of hydrogen-bond acceptors (Lipinski definition) is 5. The molecule has 2 heterocycles. The quantitative estimate of drug-likeness (QED) is 0.442. The second-order valence-corrected chi connectivity index (χ2v) is 8.27. The summed E-state index contributed by atoms with van der Waals surface area (Å²) in [5, 5.41) is 7.90. The first-order valence-electron chi connectivity index (χ1n) is 8.88. The molecule has 1 N–H and O–H groups in total. The maximum Gasteiger partial charge on any atom is 0.263 e. The van der Waals surface area contributed by atoms with E-state index in [1.54, 1.807) is 10.8 Å². The lowest BCUT2D eigenvalue weighted by Gasteiger charge is -2.07. The molecule has 0 unspecified atom stereocenters. The highest BCUT2D eigenvalue weighted by molar-refractivity contribution is 8.26. The van der Waals surface area contributed by atoms with Crippen molar-refractivity contribution in [1.29, 1.82) is 0 Å². The van der Waals surface area contributed by atoms with Gasteiger partial charge >= 0.3 is 0 Å². The van der Waals surface area contributed by atoms with Crippen LogP contribution in [0, 0.1) is 0 Å². The SMILES string of the molecule is CCOc1ccc(-c2nn(-c3ccccc3)cc2/C=C2/SC(=S)NC2=O)cc1Cl. The van der Waals surface area contributed by atoms with E-state index in [-0.39, 0.29) is 5.91 Å². The number of carbonyl (C=O) groups excluding carboxylic acids is 1. The molecule has 0 spiro atoms. The van der Waals surface area contributed by atoms with Gasteiger partial charge in [-0.2, -0.15) is 5.10 Å². The molecule has 146 valence electrons. The van der Waals surface area contributed by atoms with Gasteiger partial charge in [0.15, 0.2) is 0 Å². The summed E-state index contributed by atoms with van der Waals surface area (Å²) < 4.78 is 7.75. The minimum atomic E-state index is -0.205. The first kappa shape index (κ1) is 19.7. The van der Waals surface area contributed by atoms with E-state index < -0.39 is 0 Å². The van der Waals surface area contributed by atoms with Gasteiger partial charge in [0.2, 0.25) is 0 Å². The molecule has 0 radical (unpaired) electrons. The second kappa shape index (κ2) is 8.41. The zero-order chi connectivity index (χ0) is 20.4. The molecule has 4 rings (SSSR count). The number of nitrogens with zero attached hydrogens (tertiary/aromatic N) is 2. The van der Waals surface area contributed by atoms with E-state index in [0.717, 1.165) is 16.8 Å². The maximum atomic E-state index is 12.1. The van der Waals surface area contributed by atoms with Gasteiger partial charge in [-0.1, -0.05) is 53.8 Å². The smallest absolute Gasteiger partial charge is 0.263 e. The number of carbonyl (C=O) groups is 1. The number of thioether (sulfide) groups is 1. The molecule has 8 heteroatoms. The maximum absolute atomic E-state index is 12.1. The van der Waals surface area contributed by atoms with Gasteiger partial charge in [0.05, 0.1) is 22.2 Å². The summed E-state index contributed by atoms with van der Waals surface area (Å²) in [6.07, 6.45) is 3.68. The summed E-state index contributed by atoms with van der Waals surface area (Å²) in [5.74, 6) is 0.416. The van der Waals surface area contributed by atoms with E-state index in [1.807, 2.05) is 61.7 Å². The molecule has 5 nitrogen and oxygen atoms in total.